The number of hydrogen-bond donors (Lipinski definition) is 1. The maximum Gasteiger partial charge on any atom is 0.358 e. The number of ether oxygens (including phenoxy) is 2. The molecule has 1 unspecified atom stereocenters. The van der Waals surface area contributed by atoms with Crippen LogP contribution in [0.5, 0.6) is 5.75 Å². The summed E-state index contributed by atoms with van der Waals surface area (Å²) in [7, 11) is 0. The molecular formula is C19H26O4S. The summed E-state index contributed by atoms with van der Waals surface area (Å²) in [5.74, 6) is -0.182. The van der Waals surface area contributed by atoms with E-state index in [0.717, 1.165) is 5.56 Å². The largest absolute Gasteiger partial charge is 0.481 e. The average molecular weight is 350 g/mol. The van der Waals surface area contributed by atoms with E-state index in [-0.39, 0.29) is 28.6 Å². The fraction of sp³-hybridized carbons (Fsp3) is 0.579. The first-order valence-electron chi connectivity index (χ1n) is 8.20. The van der Waals surface area contributed by atoms with Crippen molar-refractivity contribution in [1.29, 1.82) is 0 Å². The topological polar surface area (TPSA) is 55.8 Å². The van der Waals surface area contributed by atoms with Gasteiger partial charge in [0.2, 0.25) is 0 Å². The van der Waals surface area contributed by atoms with Crippen LogP contribution in [0.25, 0.3) is 0 Å². The second kappa shape index (κ2) is 6.36. The highest BCUT2D eigenvalue weighted by atomic mass is 32.1. The van der Waals surface area contributed by atoms with Crippen LogP contribution >= 0.6 is 12.2 Å². The zero-order valence-electron chi connectivity index (χ0n) is 15.1. The SMILES string of the molecule is Cc1ccc(OC(=S)OC(C(C)C)[C@@H]2C(C)(C)[C@@]2(C)C(=O)O)cc1. The van der Waals surface area contributed by atoms with Crippen LogP contribution < -0.4 is 4.74 Å². The predicted octanol–water partition coefficient (Wildman–Crippen LogP) is 4.45. The zero-order chi connectivity index (χ0) is 18.3. The van der Waals surface area contributed by atoms with Crippen LogP contribution in [-0.2, 0) is 9.53 Å². The lowest BCUT2D eigenvalue weighted by Gasteiger charge is -2.24. The molecule has 1 fully saturated rings. The van der Waals surface area contributed by atoms with Crippen LogP contribution in [0, 0.1) is 29.6 Å². The monoisotopic (exact) mass is 350 g/mol. The summed E-state index contributed by atoms with van der Waals surface area (Å²) >= 11 is 5.24. The lowest BCUT2D eigenvalue weighted by atomic mass is 9.96. The van der Waals surface area contributed by atoms with Gasteiger partial charge >= 0.3 is 11.2 Å². The number of aliphatic carboxylic acids is 1. The van der Waals surface area contributed by atoms with E-state index in [9.17, 15) is 9.90 Å². The highest BCUT2D eigenvalue weighted by molar-refractivity contribution is 7.79. The number of thiocarbonyl (C=S) groups is 1. The lowest BCUT2D eigenvalue weighted by molar-refractivity contribution is -0.144. The van der Waals surface area contributed by atoms with Crippen molar-refractivity contribution in [2.75, 3.05) is 0 Å². The Balaban J connectivity index is 2.11. The molecule has 5 heteroatoms. The van der Waals surface area contributed by atoms with E-state index in [2.05, 4.69) is 0 Å². The number of carbonyl (C=O) groups is 1. The maximum atomic E-state index is 11.7. The van der Waals surface area contributed by atoms with Crippen LogP contribution in [0.15, 0.2) is 24.3 Å². The molecule has 4 nitrogen and oxygen atoms in total. The number of carboxylic acid groups (broad SMARTS) is 1. The third-order valence-electron chi connectivity index (χ3n) is 5.54. The highest BCUT2D eigenvalue weighted by Gasteiger charge is 2.76. The molecular weight excluding hydrogens is 324 g/mol. The Morgan fingerprint density at radius 3 is 2.17 bits per heavy atom. The fourth-order valence-electron chi connectivity index (χ4n) is 3.60. The van der Waals surface area contributed by atoms with Crippen LogP contribution in [0.3, 0.4) is 0 Å². The van der Waals surface area contributed by atoms with E-state index in [0.29, 0.717) is 5.75 Å². The van der Waals surface area contributed by atoms with Gasteiger partial charge in [-0.2, -0.15) is 0 Å². The zero-order valence-corrected chi connectivity index (χ0v) is 15.9. The average Bonchev–Trinajstić information content (AvgIpc) is 2.93. The van der Waals surface area contributed by atoms with Crippen molar-refractivity contribution in [2.45, 2.75) is 47.6 Å². The number of hydrogen-bond acceptors (Lipinski definition) is 4. The van der Waals surface area contributed by atoms with Gasteiger partial charge in [-0.05, 0) is 37.3 Å². The Morgan fingerprint density at radius 1 is 1.21 bits per heavy atom. The molecule has 0 heterocycles. The fourth-order valence-corrected chi connectivity index (χ4v) is 3.81. The van der Waals surface area contributed by atoms with Crippen molar-refractivity contribution in [3.05, 3.63) is 29.8 Å². The standard InChI is InChI=1S/C19H26O4S/c1-11(2)14(15-18(4,5)19(15,6)16(20)21)23-17(24)22-13-9-7-12(3)8-10-13/h7-11,14-15H,1-6H3,(H,20,21)/t14?,15-,19-/m1/s1. The smallest absolute Gasteiger partial charge is 0.358 e. The third kappa shape index (κ3) is 3.14. The Morgan fingerprint density at radius 2 is 1.75 bits per heavy atom. The molecule has 0 saturated heterocycles. The number of carboxylic acids is 1. The van der Waals surface area contributed by atoms with E-state index in [1.54, 1.807) is 6.92 Å². The Bertz CT molecular complexity index is 635. The predicted molar refractivity (Wildman–Crippen MR) is 97.1 cm³/mol. The molecule has 1 aliphatic rings. The van der Waals surface area contributed by atoms with Crippen LogP contribution in [0.4, 0.5) is 0 Å². The van der Waals surface area contributed by atoms with Gasteiger partial charge in [0.05, 0.1) is 5.41 Å². The first-order valence-corrected chi connectivity index (χ1v) is 8.61. The Kier molecular flexibility index (Phi) is 4.96. The van der Waals surface area contributed by atoms with Gasteiger partial charge in [-0.25, -0.2) is 0 Å². The van der Waals surface area contributed by atoms with E-state index in [1.165, 1.54) is 0 Å². The summed E-state index contributed by atoms with van der Waals surface area (Å²) in [6.45, 7) is 11.7. The highest BCUT2D eigenvalue weighted by Crippen LogP contribution is 2.71. The summed E-state index contributed by atoms with van der Waals surface area (Å²) in [5, 5.41) is 9.66. The first-order chi connectivity index (χ1) is 11.0. The second-order valence-corrected chi connectivity index (χ2v) is 8.03. The van der Waals surface area contributed by atoms with Gasteiger partial charge in [0.1, 0.15) is 11.9 Å². The molecule has 0 spiro atoms. The van der Waals surface area contributed by atoms with Gasteiger partial charge in [0.25, 0.3) is 0 Å². The van der Waals surface area contributed by atoms with Crippen molar-refractivity contribution < 1.29 is 19.4 Å². The summed E-state index contributed by atoms with van der Waals surface area (Å²) in [4.78, 5) is 11.7. The molecule has 0 aliphatic heterocycles. The van der Waals surface area contributed by atoms with Gasteiger partial charge in [-0.15, -0.1) is 0 Å². The molecule has 1 aliphatic carbocycles. The molecule has 24 heavy (non-hydrogen) atoms. The first kappa shape index (κ1) is 18.7. The summed E-state index contributed by atoms with van der Waals surface area (Å²) in [6, 6.07) is 7.53. The normalized spacial score (nSPS) is 25.9. The molecule has 1 aromatic rings. The van der Waals surface area contributed by atoms with Crippen molar-refractivity contribution in [2.24, 2.45) is 22.7 Å². The third-order valence-corrected chi connectivity index (χ3v) is 5.72. The van der Waals surface area contributed by atoms with Crippen LogP contribution in [0.1, 0.15) is 40.2 Å². The second-order valence-electron chi connectivity index (χ2n) is 7.70. The minimum Gasteiger partial charge on any atom is -0.481 e. The molecule has 0 bridgehead atoms. The molecule has 1 aromatic carbocycles. The van der Waals surface area contributed by atoms with E-state index < -0.39 is 11.4 Å². The van der Waals surface area contributed by atoms with Crippen molar-refractivity contribution in [1.82, 2.24) is 0 Å². The maximum absolute atomic E-state index is 11.7. The van der Waals surface area contributed by atoms with E-state index >= 15 is 0 Å². The van der Waals surface area contributed by atoms with Crippen molar-refractivity contribution in [3.8, 4) is 5.75 Å². The van der Waals surface area contributed by atoms with E-state index in [4.69, 9.17) is 21.7 Å². The molecule has 0 amide bonds. The van der Waals surface area contributed by atoms with Crippen LogP contribution in [-0.4, -0.2) is 22.4 Å². The number of rotatable bonds is 5. The minimum atomic E-state index is -0.818. The van der Waals surface area contributed by atoms with Crippen molar-refractivity contribution >= 4 is 23.4 Å². The van der Waals surface area contributed by atoms with Gasteiger partial charge < -0.3 is 14.6 Å². The Labute approximate surface area is 149 Å². The van der Waals surface area contributed by atoms with Gasteiger partial charge in [-0.3, -0.25) is 4.79 Å². The molecule has 1 N–H and O–H groups in total. The summed E-state index contributed by atoms with van der Waals surface area (Å²) in [6.07, 6.45) is -0.306. The van der Waals surface area contributed by atoms with Gasteiger partial charge in [0, 0.05) is 18.1 Å². The lowest BCUT2D eigenvalue weighted by Crippen LogP contribution is -2.31. The van der Waals surface area contributed by atoms with Crippen LogP contribution in [0.2, 0.25) is 0 Å². The van der Waals surface area contributed by atoms with Gasteiger partial charge in [0.15, 0.2) is 0 Å². The van der Waals surface area contributed by atoms with E-state index in [1.807, 2.05) is 58.9 Å². The Hall–Kier alpha value is -1.62. The molecule has 2 rings (SSSR count). The number of benzene rings is 1. The molecule has 132 valence electrons. The summed E-state index contributed by atoms with van der Waals surface area (Å²) in [5.41, 5.74) is -0.0412. The minimum absolute atomic E-state index is 0.0352. The molecule has 3 atom stereocenters. The molecule has 1 saturated carbocycles. The quantitative estimate of drug-likeness (QED) is 0.795. The summed E-state index contributed by atoms with van der Waals surface area (Å²) < 4.78 is 11.5. The number of aryl methyl sites for hydroxylation is 1. The molecule has 0 radical (unpaired) electrons. The van der Waals surface area contributed by atoms with Gasteiger partial charge in [-0.1, -0.05) is 45.4 Å². The molecule has 0 aromatic heterocycles. The van der Waals surface area contributed by atoms with Crippen molar-refractivity contribution in [3.63, 3.8) is 0 Å².